The Morgan fingerprint density at radius 1 is 1.06 bits per heavy atom. The van der Waals surface area contributed by atoms with E-state index in [9.17, 15) is 10.2 Å². The summed E-state index contributed by atoms with van der Waals surface area (Å²) in [6.45, 7) is 1.72. The fraction of sp³-hybridized carbons (Fsp3) is 0.538. The van der Waals surface area contributed by atoms with Crippen LogP contribution in [0, 0.1) is 5.41 Å². The van der Waals surface area contributed by atoms with Crippen molar-refractivity contribution in [2.45, 2.75) is 13.3 Å². The SMILES string of the molecule is COc1ccc(CC(C)(CO)CO)cc1OC. The third-order valence-electron chi connectivity index (χ3n) is 2.84. The Morgan fingerprint density at radius 2 is 1.65 bits per heavy atom. The quantitative estimate of drug-likeness (QED) is 0.785. The zero-order chi connectivity index (χ0) is 12.9. The van der Waals surface area contributed by atoms with Crippen LogP contribution in [0.15, 0.2) is 18.2 Å². The molecule has 0 aliphatic carbocycles. The molecule has 0 atom stereocenters. The summed E-state index contributed by atoms with van der Waals surface area (Å²) in [5.74, 6) is 1.33. The van der Waals surface area contributed by atoms with Crippen molar-refractivity contribution in [2.24, 2.45) is 5.41 Å². The van der Waals surface area contributed by atoms with Gasteiger partial charge >= 0.3 is 0 Å². The second-order valence-electron chi connectivity index (χ2n) is 4.49. The van der Waals surface area contributed by atoms with E-state index in [0.717, 1.165) is 5.56 Å². The second kappa shape index (κ2) is 5.89. The predicted molar refractivity (Wildman–Crippen MR) is 65.5 cm³/mol. The van der Waals surface area contributed by atoms with Crippen molar-refractivity contribution in [3.63, 3.8) is 0 Å². The molecule has 0 bridgehead atoms. The van der Waals surface area contributed by atoms with Gasteiger partial charge in [-0.05, 0) is 24.1 Å². The third kappa shape index (κ3) is 3.35. The first-order valence-corrected chi connectivity index (χ1v) is 5.51. The van der Waals surface area contributed by atoms with Crippen LogP contribution in [0.1, 0.15) is 12.5 Å². The van der Waals surface area contributed by atoms with Gasteiger partial charge in [0, 0.05) is 5.41 Å². The van der Waals surface area contributed by atoms with E-state index in [-0.39, 0.29) is 13.2 Å². The van der Waals surface area contributed by atoms with E-state index in [1.54, 1.807) is 14.2 Å². The molecule has 0 aliphatic rings. The summed E-state index contributed by atoms with van der Waals surface area (Å²) in [5, 5.41) is 18.5. The highest BCUT2D eigenvalue weighted by atomic mass is 16.5. The van der Waals surface area contributed by atoms with Crippen LogP contribution < -0.4 is 9.47 Å². The Bertz CT molecular complexity index is 358. The number of hydrogen-bond acceptors (Lipinski definition) is 4. The van der Waals surface area contributed by atoms with Gasteiger partial charge < -0.3 is 19.7 Å². The summed E-state index contributed by atoms with van der Waals surface area (Å²) >= 11 is 0. The molecule has 0 radical (unpaired) electrons. The number of aliphatic hydroxyl groups is 2. The Hall–Kier alpha value is -1.26. The molecule has 0 aliphatic heterocycles. The smallest absolute Gasteiger partial charge is 0.160 e. The second-order valence-corrected chi connectivity index (χ2v) is 4.49. The molecule has 96 valence electrons. The van der Waals surface area contributed by atoms with E-state index in [1.165, 1.54) is 0 Å². The summed E-state index contributed by atoms with van der Waals surface area (Å²) in [4.78, 5) is 0. The topological polar surface area (TPSA) is 58.9 Å². The molecule has 17 heavy (non-hydrogen) atoms. The Kier molecular flexibility index (Phi) is 4.78. The van der Waals surface area contributed by atoms with Gasteiger partial charge in [0.25, 0.3) is 0 Å². The highest BCUT2D eigenvalue weighted by Gasteiger charge is 2.23. The van der Waals surface area contributed by atoms with Crippen LogP contribution in [0.2, 0.25) is 0 Å². The van der Waals surface area contributed by atoms with Crippen LogP contribution in [0.25, 0.3) is 0 Å². The molecule has 0 saturated carbocycles. The maximum Gasteiger partial charge on any atom is 0.160 e. The van der Waals surface area contributed by atoms with Crippen molar-refractivity contribution in [1.29, 1.82) is 0 Å². The van der Waals surface area contributed by atoms with Crippen molar-refractivity contribution in [2.75, 3.05) is 27.4 Å². The number of aliphatic hydroxyl groups excluding tert-OH is 2. The standard InChI is InChI=1S/C13H20O4/c1-13(8-14,9-15)7-10-4-5-11(16-2)12(6-10)17-3/h4-6,14-15H,7-9H2,1-3H3. The lowest BCUT2D eigenvalue weighted by atomic mass is 9.85. The number of methoxy groups -OCH3 is 2. The lowest BCUT2D eigenvalue weighted by molar-refractivity contribution is 0.0703. The molecule has 4 nitrogen and oxygen atoms in total. The Morgan fingerprint density at radius 3 is 2.12 bits per heavy atom. The average molecular weight is 240 g/mol. The van der Waals surface area contributed by atoms with Crippen molar-refractivity contribution >= 4 is 0 Å². The zero-order valence-electron chi connectivity index (χ0n) is 10.6. The van der Waals surface area contributed by atoms with Crippen LogP contribution in [0.5, 0.6) is 11.5 Å². The van der Waals surface area contributed by atoms with E-state index in [0.29, 0.717) is 17.9 Å². The molecule has 1 aromatic carbocycles. The third-order valence-corrected chi connectivity index (χ3v) is 2.84. The van der Waals surface area contributed by atoms with Crippen molar-refractivity contribution in [3.8, 4) is 11.5 Å². The maximum absolute atomic E-state index is 9.26. The van der Waals surface area contributed by atoms with Crippen molar-refractivity contribution in [3.05, 3.63) is 23.8 Å². The largest absolute Gasteiger partial charge is 0.493 e. The molecule has 0 unspecified atom stereocenters. The van der Waals surface area contributed by atoms with Crippen LogP contribution in [0.3, 0.4) is 0 Å². The normalized spacial score (nSPS) is 11.4. The van der Waals surface area contributed by atoms with Gasteiger partial charge in [-0.25, -0.2) is 0 Å². The van der Waals surface area contributed by atoms with E-state index >= 15 is 0 Å². The Labute approximate surface area is 102 Å². The lowest BCUT2D eigenvalue weighted by Crippen LogP contribution is -2.28. The van der Waals surface area contributed by atoms with Crippen molar-refractivity contribution in [1.82, 2.24) is 0 Å². The molecule has 0 amide bonds. The van der Waals surface area contributed by atoms with Gasteiger partial charge in [0.2, 0.25) is 0 Å². The van der Waals surface area contributed by atoms with Gasteiger partial charge in [0.15, 0.2) is 11.5 Å². The number of benzene rings is 1. The minimum Gasteiger partial charge on any atom is -0.493 e. The number of ether oxygens (including phenoxy) is 2. The first kappa shape index (κ1) is 13.8. The first-order chi connectivity index (χ1) is 8.08. The minimum absolute atomic E-state index is 0.0577. The predicted octanol–water partition coefficient (Wildman–Crippen LogP) is 1.24. The molecular formula is C13H20O4. The van der Waals surface area contributed by atoms with Crippen LogP contribution in [-0.2, 0) is 6.42 Å². The molecular weight excluding hydrogens is 220 g/mol. The lowest BCUT2D eigenvalue weighted by Gasteiger charge is -2.24. The van der Waals surface area contributed by atoms with Gasteiger partial charge in [0.05, 0.1) is 27.4 Å². The molecule has 1 rings (SSSR count). The summed E-state index contributed by atoms with van der Waals surface area (Å²) in [6.07, 6.45) is 0.584. The van der Waals surface area contributed by atoms with E-state index in [1.807, 2.05) is 25.1 Å². The van der Waals surface area contributed by atoms with E-state index < -0.39 is 5.41 Å². The molecule has 1 aromatic rings. The van der Waals surface area contributed by atoms with Crippen molar-refractivity contribution < 1.29 is 19.7 Å². The fourth-order valence-corrected chi connectivity index (χ4v) is 1.65. The maximum atomic E-state index is 9.26. The fourth-order valence-electron chi connectivity index (χ4n) is 1.65. The highest BCUT2D eigenvalue weighted by Crippen LogP contribution is 2.30. The monoisotopic (exact) mass is 240 g/mol. The summed E-state index contributed by atoms with van der Waals surface area (Å²) in [7, 11) is 3.17. The molecule has 0 saturated heterocycles. The summed E-state index contributed by atoms with van der Waals surface area (Å²) in [5.41, 5.74) is 0.479. The Balaban J connectivity index is 2.93. The van der Waals surface area contributed by atoms with Gasteiger partial charge in [0.1, 0.15) is 0 Å². The zero-order valence-corrected chi connectivity index (χ0v) is 10.6. The van der Waals surface area contributed by atoms with Gasteiger partial charge in [-0.3, -0.25) is 0 Å². The van der Waals surface area contributed by atoms with Crippen LogP contribution in [0.4, 0.5) is 0 Å². The molecule has 4 heteroatoms. The summed E-state index contributed by atoms with van der Waals surface area (Å²) < 4.78 is 10.4. The number of hydrogen-bond donors (Lipinski definition) is 2. The number of rotatable bonds is 6. The average Bonchev–Trinajstić information content (AvgIpc) is 2.38. The highest BCUT2D eigenvalue weighted by molar-refractivity contribution is 5.43. The molecule has 0 aromatic heterocycles. The molecule has 0 fully saturated rings. The van der Waals surface area contributed by atoms with Gasteiger partial charge in [-0.1, -0.05) is 13.0 Å². The summed E-state index contributed by atoms with van der Waals surface area (Å²) in [6, 6.07) is 5.59. The molecule has 2 N–H and O–H groups in total. The van der Waals surface area contributed by atoms with Gasteiger partial charge in [-0.2, -0.15) is 0 Å². The van der Waals surface area contributed by atoms with E-state index in [4.69, 9.17) is 9.47 Å². The van der Waals surface area contributed by atoms with Crippen LogP contribution in [-0.4, -0.2) is 37.6 Å². The van der Waals surface area contributed by atoms with Gasteiger partial charge in [-0.15, -0.1) is 0 Å². The van der Waals surface area contributed by atoms with Crippen LogP contribution >= 0.6 is 0 Å². The molecule has 0 spiro atoms. The molecule has 0 heterocycles. The minimum atomic E-state index is -0.514. The van der Waals surface area contributed by atoms with E-state index in [2.05, 4.69) is 0 Å². The first-order valence-electron chi connectivity index (χ1n) is 5.51.